The Hall–Kier alpha value is -3.06. The molecule has 4 rings (SSSR count). The number of methoxy groups -OCH3 is 2. The monoisotopic (exact) mass is 525 g/mol. The van der Waals surface area contributed by atoms with E-state index in [1.54, 1.807) is 21.1 Å². The number of nitrogens with one attached hydrogen (secondary N) is 1. The molecule has 0 amide bonds. The Labute approximate surface area is 208 Å². The third-order valence-electron chi connectivity index (χ3n) is 6.41. The smallest absolute Gasteiger partial charge is 0.336 e. The minimum atomic E-state index is -0.470. The van der Waals surface area contributed by atoms with E-state index < -0.39 is 11.9 Å². The number of ether oxygens (including phenoxy) is 3. The third kappa shape index (κ3) is 4.49. The lowest BCUT2D eigenvalue weighted by molar-refractivity contribution is -0.138. The number of hydrogen-bond donors (Lipinski definition) is 1. The Morgan fingerprint density at radius 2 is 1.71 bits per heavy atom. The van der Waals surface area contributed by atoms with Crippen LogP contribution in [0.25, 0.3) is 0 Å². The fraction of sp³-hybridized carbons (Fsp3) is 0.333. The lowest BCUT2D eigenvalue weighted by atomic mass is 9.71. The molecule has 0 saturated carbocycles. The summed E-state index contributed by atoms with van der Waals surface area (Å²) in [6.45, 7) is 3.92. The van der Waals surface area contributed by atoms with E-state index in [0.29, 0.717) is 41.2 Å². The average Bonchev–Trinajstić information content (AvgIpc) is 2.83. The van der Waals surface area contributed by atoms with E-state index in [1.165, 1.54) is 0 Å². The molecule has 2 aromatic carbocycles. The highest BCUT2D eigenvalue weighted by Gasteiger charge is 2.41. The van der Waals surface area contributed by atoms with E-state index in [0.717, 1.165) is 21.3 Å². The molecule has 1 aliphatic carbocycles. The summed E-state index contributed by atoms with van der Waals surface area (Å²) < 4.78 is 17.1. The lowest BCUT2D eigenvalue weighted by Crippen LogP contribution is -2.36. The molecule has 2 atom stereocenters. The molecule has 0 spiro atoms. The van der Waals surface area contributed by atoms with Crippen LogP contribution in [0.3, 0.4) is 0 Å². The van der Waals surface area contributed by atoms with Gasteiger partial charge in [0.05, 0.1) is 26.4 Å². The van der Waals surface area contributed by atoms with E-state index in [9.17, 15) is 9.59 Å². The van der Waals surface area contributed by atoms with Gasteiger partial charge in [0.1, 0.15) is 0 Å². The van der Waals surface area contributed by atoms with Crippen molar-refractivity contribution < 1.29 is 23.8 Å². The minimum Gasteiger partial charge on any atom is -0.493 e. The van der Waals surface area contributed by atoms with Crippen molar-refractivity contribution in [3.63, 3.8) is 0 Å². The molecule has 1 N–H and O–H groups in total. The normalized spacial score (nSPS) is 20.0. The highest BCUT2D eigenvalue weighted by Crippen LogP contribution is 2.46. The Bertz CT molecular complexity index is 1180. The first-order valence-corrected chi connectivity index (χ1v) is 12.1. The number of esters is 1. The predicted molar refractivity (Wildman–Crippen MR) is 133 cm³/mol. The molecule has 178 valence electrons. The van der Waals surface area contributed by atoms with Gasteiger partial charge in [-0.05, 0) is 61.6 Å². The second-order valence-electron chi connectivity index (χ2n) is 8.40. The van der Waals surface area contributed by atoms with Crippen molar-refractivity contribution in [1.82, 2.24) is 5.32 Å². The van der Waals surface area contributed by atoms with Gasteiger partial charge >= 0.3 is 5.97 Å². The Morgan fingerprint density at radius 1 is 1.03 bits per heavy atom. The van der Waals surface area contributed by atoms with Crippen LogP contribution in [-0.4, -0.2) is 32.6 Å². The fourth-order valence-corrected chi connectivity index (χ4v) is 5.11. The molecular formula is C27H28BrNO5. The first kappa shape index (κ1) is 24.1. The van der Waals surface area contributed by atoms with Gasteiger partial charge in [0.15, 0.2) is 17.3 Å². The molecule has 34 heavy (non-hydrogen) atoms. The second kappa shape index (κ2) is 10.1. The second-order valence-corrected chi connectivity index (χ2v) is 9.32. The zero-order valence-corrected chi connectivity index (χ0v) is 21.3. The van der Waals surface area contributed by atoms with Crippen LogP contribution >= 0.6 is 15.9 Å². The van der Waals surface area contributed by atoms with Crippen molar-refractivity contribution in [3.8, 4) is 11.5 Å². The zero-order valence-electron chi connectivity index (χ0n) is 19.7. The van der Waals surface area contributed by atoms with Gasteiger partial charge in [-0.25, -0.2) is 4.79 Å². The minimum absolute atomic E-state index is 0.0129. The predicted octanol–water partition coefficient (Wildman–Crippen LogP) is 5.39. The third-order valence-corrected chi connectivity index (χ3v) is 6.93. The summed E-state index contributed by atoms with van der Waals surface area (Å²) >= 11 is 3.47. The quantitative estimate of drug-likeness (QED) is 0.509. The van der Waals surface area contributed by atoms with Crippen molar-refractivity contribution in [2.75, 3.05) is 20.8 Å². The van der Waals surface area contributed by atoms with Crippen LogP contribution in [0, 0.1) is 0 Å². The topological polar surface area (TPSA) is 73.9 Å². The summed E-state index contributed by atoms with van der Waals surface area (Å²) in [5.74, 6) is 0.426. The van der Waals surface area contributed by atoms with Gasteiger partial charge < -0.3 is 19.5 Å². The number of ketones is 1. The summed E-state index contributed by atoms with van der Waals surface area (Å²) in [5.41, 5.74) is 4.60. The number of carbonyl (C=O) groups is 2. The van der Waals surface area contributed by atoms with Crippen molar-refractivity contribution in [3.05, 3.63) is 80.6 Å². The maximum absolute atomic E-state index is 13.6. The van der Waals surface area contributed by atoms with Crippen molar-refractivity contribution >= 4 is 27.7 Å². The Kier molecular flexibility index (Phi) is 7.12. The summed E-state index contributed by atoms with van der Waals surface area (Å²) in [4.78, 5) is 26.6. The Balaban J connectivity index is 1.77. The van der Waals surface area contributed by atoms with E-state index in [4.69, 9.17) is 14.2 Å². The van der Waals surface area contributed by atoms with Crippen molar-refractivity contribution in [2.24, 2.45) is 0 Å². The van der Waals surface area contributed by atoms with E-state index in [-0.39, 0.29) is 18.3 Å². The van der Waals surface area contributed by atoms with Gasteiger partial charge in [0.2, 0.25) is 0 Å². The molecule has 7 heteroatoms. The number of allylic oxidation sites excluding steroid dienone is 3. The number of halogens is 1. The first-order chi connectivity index (χ1) is 16.4. The van der Waals surface area contributed by atoms with Crippen LogP contribution in [0.4, 0.5) is 0 Å². The van der Waals surface area contributed by atoms with Crippen LogP contribution in [0.2, 0.25) is 0 Å². The SMILES string of the molecule is CCOC(=O)C1=C(C)NC2=C(C(=O)C[C@@H](c3ccc(OC)c(OC)c3)C2)[C@@H]1c1ccc(Br)cc1. The summed E-state index contributed by atoms with van der Waals surface area (Å²) in [6, 6.07) is 13.5. The molecule has 0 radical (unpaired) electrons. The molecule has 6 nitrogen and oxygen atoms in total. The van der Waals surface area contributed by atoms with Gasteiger partial charge in [-0.1, -0.05) is 34.1 Å². The van der Waals surface area contributed by atoms with Crippen LogP contribution < -0.4 is 14.8 Å². The van der Waals surface area contributed by atoms with Crippen molar-refractivity contribution in [1.29, 1.82) is 0 Å². The van der Waals surface area contributed by atoms with Gasteiger partial charge in [-0.3, -0.25) is 4.79 Å². The van der Waals surface area contributed by atoms with Gasteiger partial charge in [0.25, 0.3) is 0 Å². The largest absolute Gasteiger partial charge is 0.493 e. The molecular weight excluding hydrogens is 498 g/mol. The molecule has 0 saturated heterocycles. The van der Waals surface area contributed by atoms with Gasteiger partial charge in [-0.2, -0.15) is 0 Å². The molecule has 1 aliphatic heterocycles. The highest BCUT2D eigenvalue weighted by molar-refractivity contribution is 9.10. The summed E-state index contributed by atoms with van der Waals surface area (Å²) in [5, 5.41) is 3.37. The van der Waals surface area contributed by atoms with Gasteiger partial charge in [0, 0.05) is 33.8 Å². The zero-order chi connectivity index (χ0) is 24.4. The van der Waals surface area contributed by atoms with Crippen LogP contribution in [-0.2, 0) is 14.3 Å². The Morgan fingerprint density at radius 3 is 2.35 bits per heavy atom. The fourth-order valence-electron chi connectivity index (χ4n) is 4.85. The van der Waals surface area contributed by atoms with Gasteiger partial charge in [-0.15, -0.1) is 0 Å². The number of benzene rings is 2. The summed E-state index contributed by atoms with van der Waals surface area (Å²) in [6.07, 6.45) is 0.995. The van der Waals surface area contributed by atoms with Crippen molar-refractivity contribution in [2.45, 2.75) is 38.5 Å². The summed E-state index contributed by atoms with van der Waals surface area (Å²) in [7, 11) is 3.20. The molecule has 0 fully saturated rings. The van der Waals surface area contributed by atoms with E-state index in [1.807, 2.05) is 49.4 Å². The maximum atomic E-state index is 13.6. The maximum Gasteiger partial charge on any atom is 0.336 e. The standard InChI is InChI=1S/C27H28BrNO5/c1-5-34-27(31)24-15(2)29-20-12-18(17-8-11-22(32-3)23(14-17)33-4)13-21(30)26(20)25(24)16-6-9-19(28)10-7-16/h6-11,14,18,25,29H,5,12-13H2,1-4H3/t18-,25+/m0/s1. The molecule has 2 aromatic rings. The first-order valence-electron chi connectivity index (χ1n) is 11.3. The molecule has 1 heterocycles. The molecule has 0 unspecified atom stereocenters. The van der Waals surface area contributed by atoms with E-state index >= 15 is 0 Å². The number of dihydropyridines is 1. The number of Topliss-reactive ketones (excluding diaryl/α,β-unsaturated/α-hetero) is 1. The number of carbonyl (C=O) groups excluding carboxylic acids is 2. The molecule has 0 bridgehead atoms. The number of rotatable bonds is 6. The van der Waals surface area contributed by atoms with Crippen LogP contribution in [0.15, 0.2) is 69.5 Å². The highest BCUT2D eigenvalue weighted by atomic mass is 79.9. The number of hydrogen-bond acceptors (Lipinski definition) is 6. The van der Waals surface area contributed by atoms with Crippen LogP contribution in [0.1, 0.15) is 49.7 Å². The van der Waals surface area contributed by atoms with E-state index in [2.05, 4.69) is 21.2 Å². The lowest BCUT2D eigenvalue weighted by Gasteiger charge is -2.36. The molecule has 0 aromatic heterocycles. The molecule has 2 aliphatic rings. The average molecular weight is 526 g/mol. The van der Waals surface area contributed by atoms with Crippen LogP contribution in [0.5, 0.6) is 11.5 Å².